The maximum atomic E-state index is 4.61. The Morgan fingerprint density at radius 3 is 2.70 bits per heavy atom. The Hall–Kier alpha value is -1.59. The van der Waals surface area contributed by atoms with E-state index in [1.165, 1.54) is 12.8 Å². The largest absolute Gasteiger partial charge is 0.354 e. The zero-order chi connectivity index (χ0) is 14.5. The van der Waals surface area contributed by atoms with Crippen LogP contribution >= 0.6 is 0 Å². The standard InChI is InChI=1S/C14H26N6/c1-5-9-15-12-16-13(19(3)4)18-14(17-12)20-10-7-8-11(20)6-2/h11H,5-10H2,1-4H3,(H,15,16,17,18). The molecular formula is C14H26N6. The van der Waals surface area contributed by atoms with Crippen molar-refractivity contribution >= 4 is 17.8 Å². The van der Waals surface area contributed by atoms with E-state index < -0.39 is 0 Å². The molecule has 20 heavy (non-hydrogen) atoms. The van der Waals surface area contributed by atoms with Gasteiger partial charge in [0.05, 0.1) is 0 Å². The van der Waals surface area contributed by atoms with Gasteiger partial charge in [-0.2, -0.15) is 15.0 Å². The van der Waals surface area contributed by atoms with Crippen molar-refractivity contribution in [2.45, 2.75) is 45.6 Å². The zero-order valence-electron chi connectivity index (χ0n) is 13.1. The Kier molecular flexibility index (Phi) is 4.98. The number of aromatic nitrogens is 3. The molecule has 1 aromatic rings. The molecule has 1 aromatic heterocycles. The third kappa shape index (κ3) is 3.29. The van der Waals surface area contributed by atoms with Crippen molar-refractivity contribution in [3.05, 3.63) is 0 Å². The molecule has 2 rings (SSSR count). The zero-order valence-corrected chi connectivity index (χ0v) is 13.1. The van der Waals surface area contributed by atoms with E-state index in [0.29, 0.717) is 12.0 Å². The van der Waals surface area contributed by atoms with Crippen molar-refractivity contribution in [1.29, 1.82) is 0 Å². The lowest BCUT2D eigenvalue weighted by molar-refractivity contribution is 0.633. The van der Waals surface area contributed by atoms with Crippen molar-refractivity contribution in [2.75, 3.05) is 42.3 Å². The summed E-state index contributed by atoms with van der Waals surface area (Å²) >= 11 is 0. The lowest BCUT2D eigenvalue weighted by Crippen LogP contribution is -2.31. The summed E-state index contributed by atoms with van der Waals surface area (Å²) in [6.07, 6.45) is 4.65. The molecule has 0 amide bonds. The first kappa shape index (κ1) is 14.8. The van der Waals surface area contributed by atoms with E-state index >= 15 is 0 Å². The second-order valence-corrected chi connectivity index (χ2v) is 5.48. The van der Waals surface area contributed by atoms with Gasteiger partial charge in [0, 0.05) is 33.2 Å². The summed E-state index contributed by atoms with van der Waals surface area (Å²) in [6.45, 7) is 6.29. The quantitative estimate of drug-likeness (QED) is 0.860. The van der Waals surface area contributed by atoms with E-state index in [1.54, 1.807) is 0 Å². The normalized spacial score (nSPS) is 18.4. The molecule has 0 saturated carbocycles. The van der Waals surface area contributed by atoms with Gasteiger partial charge in [-0.1, -0.05) is 13.8 Å². The van der Waals surface area contributed by atoms with Gasteiger partial charge >= 0.3 is 0 Å². The third-order valence-electron chi connectivity index (χ3n) is 3.65. The van der Waals surface area contributed by atoms with Gasteiger partial charge < -0.3 is 15.1 Å². The average Bonchev–Trinajstić information content (AvgIpc) is 2.93. The maximum Gasteiger partial charge on any atom is 0.232 e. The van der Waals surface area contributed by atoms with Gasteiger partial charge in [0.25, 0.3) is 0 Å². The minimum atomic E-state index is 0.562. The Bertz CT molecular complexity index is 434. The Labute approximate surface area is 121 Å². The molecular weight excluding hydrogens is 252 g/mol. The summed E-state index contributed by atoms with van der Waals surface area (Å²) in [7, 11) is 3.92. The van der Waals surface area contributed by atoms with E-state index in [2.05, 4.69) is 39.0 Å². The van der Waals surface area contributed by atoms with E-state index in [4.69, 9.17) is 0 Å². The fraction of sp³-hybridized carbons (Fsp3) is 0.786. The van der Waals surface area contributed by atoms with Crippen LogP contribution in [0.2, 0.25) is 0 Å². The van der Waals surface area contributed by atoms with E-state index in [0.717, 1.165) is 37.8 Å². The SMILES string of the molecule is CCCNc1nc(N(C)C)nc(N2CCCC2CC)n1. The van der Waals surface area contributed by atoms with Gasteiger partial charge in [-0.3, -0.25) is 0 Å². The maximum absolute atomic E-state index is 4.61. The van der Waals surface area contributed by atoms with Gasteiger partial charge in [-0.25, -0.2) is 0 Å². The third-order valence-corrected chi connectivity index (χ3v) is 3.65. The molecule has 1 aliphatic heterocycles. The first-order chi connectivity index (χ1) is 9.65. The molecule has 1 saturated heterocycles. The first-order valence-electron chi connectivity index (χ1n) is 7.59. The summed E-state index contributed by atoms with van der Waals surface area (Å²) < 4.78 is 0. The van der Waals surface area contributed by atoms with Crippen LogP contribution in [-0.2, 0) is 0 Å². The van der Waals surface area contributed by atoms with E-state index in [9.17, 15) is 0 Å². The summed E-state index contributed by atoms with van der Waals surface area (Å²) in [6, 6.07) is 0.562. The molecule has 0 aliphatic carbocycles. The van der Waals surface area contributed by atoms with Crippen LogP contribution in [-0.4, -0.2) is 48.2 Å². The topological polar surface area (TPSA) is 57.2 Å². The second-order valence-electron chi connectivity index (χ2n) is 5.48. The molecule has 1 fully saturated rings. The molecule has 1 unspecified atom stereocenters. The van der Waals surface area contributed by atoms with Crippen molar-refractivity contribution in [3.63, 3.8) is 0 Å². The number of nitrogens with one attached hydrogen (secondary N) is 1. The highest BCUT2D eigenvalue weighted by molar-refractivity contribution is 5.45. The van der Waals surface area contributed by atoms with Gasteiger partial charge in [-0.05, 0) is 25.7 Å². The Balaban J connectivity index is 2.28. The smallest absolute Gasteiger partial charge is 0.232 e. The molecule has 0 aromatic carbocycles. The first-order valence-corrected chi connectivity index (χ1v) is 7.59. The van der Waals surface area contributed by atoms with Crippen LogP contribution in [0.4, 0.5) is 17.8 Å². The molecule has 2 heterocycles. The van der Waals surface area contributed by atoms with Gasteiger partial charge in [0.1, 0.15) is 0 Å². The summed E-state index contributed by atoms with van der Waals surface area (Å²) in [5.74, 6) is 2.21. The van der Waals surface area contributed by atoms with Crippen LogP contribution in [0.15, 0.2) is 0 Å². The average molecular weight is 278 g/mol. The highest BCUT2D eigenvalue weighted by atomic mass is 15.4. The van der Waals surface area contributed by atoms with Crippen LogP contribution in [0.1, 0.15) is 39.5 Å². The fourth-order valence-electron chi connectivity index (χ4n) is 2.52. The fourth-order valence-corrected chi connectivity index (χ4v) is 2.52. The molecule has 112 valence electrons. The number of anilines is 3. The molecule has 6 heteroatoms. The van der Waals surface area contributed by atoms with Crippen LogP contribution in [0.5, 0.6) is 0 Å². The molecule has 0 spiro atoms. The highest BCUT2D eigenvalue weighted by Gasteiger charge is 2.26. The predicted molar refractivity (Wildman–Crippen MR) is 83.6 cm³/mol. The minimum absolute atomic E-state index is 0.562. The highest BCUT2D eigenvalue weighted by Crippen LogP contribution is 2.26. The van der Waals surface area contributed by atoms with Gasteiger partial charge in [-0.15, -0.1) is 0 Å². The monoisotopic (exact) mass is 278 g/mol. The van der Waals surface area contributed by atoms with Crippen molar-refractivity contribution in [1.82, 2.24) is 15.0 Å². The lowest BCUT2D eigenvalue weighted by Gasteiger charge is -2.25. The van der Waals surface area contributed by atoms with Crippen molar-refractivity contribution in [3.8, 4) is 0 Å². The summed E-state index contributed by atoms with van der Waals surface area (Å²) in [5, 5.41) is 3.27. The van der Waals surface area contributed by atoms with Crippen LogP contribution in [0.25, 0.3) is 0 Å². The lowest BCUT2D eigenvalue weighted by atomic mass is 10.2. The van der Waals surface area contributed by atoms with Crippen LogP contribution in [0.3, 0.4) is 0 Å². The van der Waals surface area contributed by atoms with E-state index in [1.807, 2.05) is 19.0 Å². The predicted octanol–water partition coefficient (Wildman–Crippen LogP) is 2.14. The molecule has 1 N–H and O–H groups in total. The second kappa shape index (κ2) is 6.72. The molecule has 1 atom stereocenters. The van der Waals surface area contributed by atoms with E-state index in [-0.39, 0.29) is 0 Å². The molecule has 0 bridgehead atoms. The summed E-state index contributed by atoms with van der Waals surface area (Å²) in [5.41, 5.74) is 0. The van der Waals surface area contributed by atoms with Gasteiger partial charge in [0.2, 0.25) is 17.8 Å². The van der Waals surface area contributed by atoms with Crippen LogP contribution < -0.4 is 15.1 Å². The molecule has 1 aliphatic rings. The van der Waals surface area contributed by atoms with Gasteiger partial charge in [0.15, 0.2) is 0 Å². The Morgan fingerprint density at radius 1 is 1.25 bits per heavy atom. The number of rotatable bonds is 6. The van der Waals surface area contributed by atoms with Crippen LogP contribution in [0, 0.1) is 0 Å². The number of nitrogens with zero attached hydrogens (tertiary/aromatic N) is 5. The minimum Gasteiger partial charge on any atom is -0.354 e. The number of hydrogen-bond donors (Lipinski definition) is 1. The summed E-state index contributed by atoms with van der Waals surface area (Å²) in [4.78, 5) is 17.9. The Morgan fingerprint density at radius 2 is 2.05 bits per heavy atom. The molecule has 6 nitrogen and oxygen atoms in total. The molecule has 0 radical (unpaired) electrons. The van der Waals surface area contributed by atoms with Crippen molar-refractivity contribution in [2.24, 2.45) is 0 Å². The number of hydrogen-bond acceptors (Lipinski definition) is 6. The van der Waals surface area contributed by atoms with Crippen molar-refractivity contribution < 1.29 is 0 Å².